The maximum atomic E-state index is 14.1. The molecule has 0 saturated heterocycles. The molecule has 1 amide bonds. The number of hydrogen-bond acceptors (Lipinski definition) is 6. The highest BCUT2D eigenvalue weighted by molar-refractivity contribution is 6.30. The highest BCUT2D eigenvalue weighted by atomic mass is 35.5. The summed E-state index contributed by atoms with van der Waals surface area (Å²) < 4.78 is 55.4. The number of anilines is 2. The minimum Gasteiger partial charge on any atom is -0.493 e. The van der Waals surface area contributed by atoms with Crippen molar-refractivity contribution in [1.82, 2.24) is 19.6 Å². The van der Waals surface area contributed by atoms with Gasteiger partial charge in [-0.3, -0.25) is 9.48 Å². The first-order valence-electron chi connectivity index (χ1n) is 12.3. The Kier molecular flexibility index (Phi) is 7.37. The number of alkyl halides is 3. The van der Waals surface area contributed by atoms with Crippen molar-refractivity contribution in [2.24, 2.45) is 0 Å². The fourth-order valence-electron chi connectivity index (χ4n) is 4.65. The maximum absolute atomic E-state index is 14.1. The average Bonchev–Trinajstić information content (AvgIpc) is 3.51. The fourth-order valence-corrected chi connectivity index (χ4v) is 4.77. The number of nitrogens with one attached hydrogen (secondary N) is 2. The highest BCUT2D eigenvalue weighted by Gasteiger charge is 2.47. The molecule has 1 aliphatic heterocycles. The number of carbonyl (C=O) groups is 1. The van der Waals surface area contributed by atoms with Crippen LogP contribution in [0.15, 0.2) is 54.6 Å². The summed E-state index contributed by atoms with van der Waals surface area (Å²) in [6, 6.07) is 12.6. The van der Waals surface area contributed by atoms with Gasteiger partial charge in [0.25, 0.3) is 5.91 Å². The summed E-state index contributed by atoms with van der Waals surface area (Å²) in [5.74, 6) is 0.511. The fraction of sp³-hybridized carbons (Fsp3) is 0.296. The molecule has 13 heteroatoms. The van der Waals surface area contributed by atoms with E-state index in [1.54, 1.807) is 41.1 Å². The van der Waals surface area contributed by atoms with Crippen molar-refractivity contribution in [2.75, 3.05) is 24.9 Å². The molecular formula is C27H26ClF3N6O3. The molecule has 3 heterocycles. The van der Waals surface area contributed by atoms with Crippen LogP contribution in [-0.4, -0.2) is 45.9 Å². The lowest BCUT2D eigenvalue weighted by atomic mass is 9.96. The van der Waals surface area contributed by atoms with Gasteiger partial charge in [0.05, 0.1) is 26.8 Å². The summed E-state index contributed by atoms with van der Waals surface area (Å²) >= 11 is 5.95. The van der Waals surface area contributed by atoms with Gasteiger partial charge in [-0.15, -0.1) is 0 Å². The number of aromatic nitrogens is 4. The van der Waals surface area contributed by atoms with E-state index in [1.807, 2.05) is 19.1 Å². The Hall–Kier alpha value is -4.19. The third-order valence-electron chi connectivity index (χ3n) is 6.70. The SMILES string of the molecule is COc1ccc([C@H]2C[C@@H](C(F)(F)F)n3nc(C(=O)Nc4cc(C)n(Cc5ccc(Cl)cc5)n4)cc3N2)cc1OC. The number of nitrogens with zero attached hydrogens (tertiary/aromatic N) is 4. The molecule has 0 aliphatic carbocycles. The summed E-state index contributed by atoms with van der Waals surface area (Å²) in [4.78, 5) is 13.0. The van der Waals surface area contributed by atoms with Crippen LogP contribution in [0.1, 0.15) is 45.8 Å². The lowest BCUT2D eigenvalue weighted by molar-refractivity contribution is -0.173. The number of ether oxygens (including phenoxy) is 2. The topological polar surface area (TPSA) is 95.2 Å². The smallest absolute Gasteiger partial charge is 0.410 e. The predicted molar refractivity (Wildman–Crippen MR) is 143 cm³/mol. The average molecular weight is 575 g/mol. The number of halogens is 4. The standard InChI is InChI=1S/C27H26ClF3N6O3/c1-15-10-24(35-36(15)14-16-4-7-18(28)8-5-16)33-26(38)20-13-25-32-19(12-23(27(29,30)31)37(25)34-20)17-6-9-21(39-2)22(11-17)40-3/h4-11,13,19,23,32H,12,14H2,1-3H3,(H,33,35,38)/t19-,23+/m1/s1. The predicted octanol–water partition coefficient (Wildman–Crippen LogP) is 6.02. The van der Waals surface area contributed by atoms with Gasteiger partial charge < -0.3 is 20.1 Å². The Morgan fingerprint density at radius 1 is 1.07 bits per heavy atom. The van der Waals surface area contributed by atoms with Gasteiger partial charge in [-0.25, -0.2) is 4.68 Å². The second-order valence-corrected chi connectivity index (χ2v) is 9.81. The molecule has 0 saturated carbocycles. The molecule has 2 aromatic carbocycles. The van der Waals surface area contributed by atoms with E-state index in [4.69, 9.17) is 21.1 Å². The Balaban J connectivity index is 1.37. The molecule has 2 aromatic heterocycles. The highest BCUT2D eigenvalue weighted by Crippen LogP contribution is 2.44. The number of methoxy groups -OCH3 is 2. The van der Waals surface area contributed by atoms with E-state index < -0.39 is 24.2 Å². The van der Waals surface area contributed by atoms with Crippen LogP contribution in [0.2, 0.25) is 5.02 Å². The molecule has 0 radical (unpaired) electrons. The van der Waals surface area contributed by atoms with Gasteiger partial charge in [0.15, 0.2) is 29.1 Å². The Bertz CT molecular complexity index is 1530. The van der Waals surface area contributed by atoms with E-state index in [-0.39, 0.29) is 23.8 Å². The molecule has 0 fully saturated rings. The molecule has 210 valence electrons. The summed E-state index contributed by atoms with van der Waals surface area (Å²) in [5, 5.41) is 14.8. The zero-order valence-electron chi connectivity index (χ0n) is 21.8. The number of benzene rings is 2. The normalized spacial score (nSPS) is 16.7. The maximum Gasteiger partial charge on any atom is 0.410 e. The van der Waals surface area contributed by atoms with Crippen molar-refractivity contribution in [1.29, 1.82) is 0 Å². The first-order chi connectivity index (χ1) is 19.0. The largest absolute Gasteiger partial charge is 0.493 e. The molecular weight excluding hydrogens is 549 g/mol. The van der Waals surface area contributed by atoms with Crippen LogP contribution in [0.25, 0.3) is 0 Å². The molecule has 2 atom stereocenters. The lowest BCUT2D eigenvalue weighted by Crippen LogP contribution is -2.35. The van der Waals surface area contributed by atoms with Crippen LogP contribution >= 0.6 is 11.6 Å². The third-order valence-corrected chi connectivity index (χ3v) is 6.95. The van der Waals surface area contributed by atoms with Crippen LogP contribution in [0, 0.1) is 6.92 Å². The van der Waals surface area contributed by atoms with Crippen molar-refractivity contribution in [3.8, 4) is 11.5 Å². The molecule has 4 aromatic rings. The number of hydrogen-bond donors (Lipinski definition) is 2. The van der Waals surface area contributed by atoms with E-state index in [1.165, 1.54) is 20.3 Å². The molecule has 0 bridgehead atoms. The van der Waals surface area contributed by atoms with Gasteiger partial charge in [0.2, 0.25) is 0 Å². The van der Waals surface area contributed by atoms with Gasteiger partial charge in [-0.1, -0.05) is 29.8 Å². The third kappa shape index (κ3) is 5.57. The van der Waals surface area contributed by atoms with E-state index >= 15 is 0 Å². The number of carbonyl (C=O) groups excluding carboxylic acids is 1. The van der Waals surface area contributed by atoms with Crippen molar-refractivity contribution < 1.29 is 27.4 Å². The summed E-state index contributed by atoms with van der Waals surface area (Å²) in [6.45, 7) is 2.28. The van der Waals surface area contributed by atoms with Crippen molar-refractivity contribution in [3.05, 3.63) is 82.1 Å². The summed E-state index contributed by atoms with van der Waals surface area (Å²) in [7, 11) is 2.93. The quantitative estimate of drug-likeness (QED) is 0.280. The van der Waals surface area contributed by atoms with Crippen LogP contribution in [0.4, 0.5) is 24.8 Å². The van der Waals surface area contributed by atoms with Crippen molar-refractivity contribution in [3.63, 3.8) is 0 Å². The molecule has 2 N–H and O–H groups in total. The van der Waals surface area contributed by atoms with Crippen LogP contribution in [-0.2, 0) is 6.54 Å². The van der Waals surface area contributed by atoms with Gasteiger partial charge in [-0.2, -0.15) is 23.4 Å². The zero-order valence-corrected chi connectivity index (χ0v) is 22.5. The van der Waals surface area contributed by atoms with Gasteiger partial charge in [0, 0.05) is 29.3 Å². The van der Waals surface area contributed by atoms with E-state index in [2.05, 4.69) is 20.8 Å². The molecule has 0 unspecified atom stereocenters. The number of amides is 1. The second kappa shape index (κ2) is 10.8. The van der Waals surface area contributed by atoms with E-state index in [0.717, 1.165) is 15.9 Å². The molecule has 5 rings (SSSR count). The van der Waals surface area contributed by atoms with Gasteiger partial charge in [0.1, 0.15) is 5.82 Å². The summed E-state index contributed by atoms with van der Waals surface area (Å²) in [6.07, 6.45) is -4.92. The van der Waals surface area contributed by atoms with Crippen molar-refractivity contribution in [2.45, 2.75) is 38.1 Å². The minimum atomic E-state index is -4.59. The Morgan fingerprint density at radius 3 is 2.48 bits per heavy atom. The number of rotatable bonds is 7. The van der Waals surface area contributed by atoms with Crippen LogP contribution in [0.3, 0.4) is 0 Å². The molecule has 0 spiro atoms. The number of fused-ring (bicyclic) bond motifs is 1. The van der Waals surface area contributed by atoms with Crippen molar-refractivity contribution >= 4 is 29.1 Å². The molecule has 40 heavy (non-hydrogen) atoms. The van der Waals surface area contributed by atoms with Crippen LogP contribution in [0.5, 0.6) is 11.5 Å². The Morgan fingerprint density at radius 2 is 1.80 bits per heavy atom. The summed E-state index contributed by atoms with van der Waals surface area (Å²) in [5.41, 5.74) is 2.15. The van der Waals surface area contributed by atoms with Gasteiger partial charge in [-0.05, 0) is 42.3 Å². The second-order valence-electron chi connectivity index (χ2n) is 9.37. The Labute approximate surface area is 232 Å². The van der Waals surface area contributed by atoms with Gasteiger partial charge >= 0.3 is 6.18 Å². The lowest BCUT2D eigenvalue weighted by Gasteiger charge is -2.33. The minimum absolute atomic E-state index is 0.0722. The molecule has 1 aliphatic rings. The van der Waals surface area contributed by atoms with E-state index in [9.17, 15) is 18.0 Å². The number of aryl methyl sites for hydroxylation is 1. The van der Waals surface area contributed by atoms with E-state index in [0.29, 0.717) is 28.6 Å². The zero-order chi connectivity index (χ0) is 28.6. The monoisotopic (exact) mass is 574 g/mol. The molecule has 9 nitrogen and oxygen atoms in total. The first kappa shape index (κ1) is 27.4. The first-order valence-corrected chi connectivity index (χ1v) is 12.7. The van der Waals surface area contributed by atoms with Crippen LogP contribution < -0.4 is 20.1 Å².